The lowest BCUT2D eigenvalue weighted by atomic mass is 10.0. The van der Waals surface area contributed by atoms with E-state index in [0.717, 1.165) is 11.3 Å². The number of nitrogens with one attached hydrogen (secondary N) is 1. The van der Waals surface area contributed by atoms with Crippen LogP contribution in [0.1, 0.15) is 16.9 Å². The lowest BCUT2D eigenvalue weighted by Gasteiger charge is -2.13. The van der Waals surface area contributed by atoms with Gasteiger partial charge in [-0.1, -0.05) is 24.3 Å². The Bertz CT molecular complexity index is 1080. The van der Waals surface area contributed by atoms with Crippen molar-refractivity contribution in [2.24, 2.45) is 0 Å². The third kappa shape index (κ3) is 3.65. The number of ether oxygens (including phenoxy) is 1. The second-order valence-corrected chi connectivity index (χ2v) is 6.75. The van der Waals surface area contributed by atoms with Gasteiger partial charge in [-0.25, -0.2) is 0 Å². The van der Waals surface area contributed by atoms with Crippen LogP contribution in [-0.2, 0) is 16.1 Å². The summed E-state index contributed by atoms with van der Waals surface area (Å²) in [5.74, 6) is 0.454. The zero-order valence-corrected chi connectivity index (χ0v) is 16.1. The molecule has 1 aromatic heterocycles. The zero-order valence-electron chi connectivity index (χ0n) is 16.1. The van der Waals surface area contributed by atoms with E-state index < -0.39 is 5.91 Å². The normalized spacial score (nSPS) is 13.9. The van der Waals surface area contributed by atoms with Crippen molar-refractivity contribution in [1.29, 1.82) is 0 Å². The first kappa shape index (κ1) is 18.6. The van der Waals surface area contributed by atoms with Gasteiger partial charge in [0.15, 0.2) is 0 Å². The Kier molecular flexibility index (Phi) is 4.91. The number of hydrogen-bond donors (Lipinski definition) is 1. The average Bonchev–Trinajstić information content (AvgIpc) is 3.31. The van der Waals surface area contributed by atoms with E-state index >= 15 is 0 Å². The largest absolute Gasteiger partial charge is 0.497 e. The van der Waals surface area contributed by atoms with Crippen molar-refractivity contribution in [2.45, 2.75) is 13.5 Å². The van der Waals surface area contributed by atoms with Gasteiger partial charge in [-0.2, -0.15) is 0 Å². The Hall–Kier alpha value is -3.80. The first-order chi connectivity index (χ1) is 14.1. The minimum absolute atomic E-state index is 0.0727. The number of rotatable bonds is 6. The van der Waals surface area contributed by atoms with E-state index in [2.05, 4.69) is 5.32 Å². The molecule has 29 heavy (non-hydrogen) atoms. The maximum absolute atomic E-state index is 13.2. The molecule has 2 amide bonds. The molecule has 0 atom stereocenters. The van der Waals surface area contributed by atoms with E-state index in [1.165, 1.54) is 11.2 Å². The minimum atomic E-state index is -0.390. The predicted octanol–water partition coefficient (Wildman–Crippen LogP) is 3.99. The lowest BCUT2D eigenvalue weighted by molar-refractivity contribution is -0.137. The van der Waals surface area contributed by atoms with Crippen LogP contribution in [0.5, 0.6) is 5.75 Å². The summed E-state index contributed by atoms with van der Waals surface area (Å²) in [6.45, 7) is 2.04. The fourth-order valence-electron chi connectivity index (χ4n) is 3.29. The Labute approximate surface area is 168 Å². The van der Waals surface area contributed by atoms with Gasteiger partial charge in [-0.15, -0.1) is 0 Å². The van der Waals surface area contributed by atoms with E-state index in [0.29, 0.717) is 22.6 Å². The first-order valence-corrected chi connectivity index (χ1v) is 9.18. The second kappa shape index (κ2) is 7.67. The molecule has 1 aliphatic rings. The zero-order chi connectivity index (χ0) is 20.4. The van der Waals surface area contributed by atoms with Gasteiger partial charge in [0.25, 0.3) is 11.8 Å². The van der Waals surface area contributed by atoms with Crippen molar-refractivity contribution < 1.29 is 18.7 Å². The van der Waals surface area contributed by atoms with Crippen LogP contribution in [-0.4, -0.2) is 23.8 Å². The molecule has 0 unspecified atom stereocenters. The molecule has 4 rings (SSSR count). The molecule has 1 aliphatic heterocycles. The molecule has 1 N–H and O–H groups in total. The molecule has 2 aromatic carbocycles. The van der Waals surface area contributed by atoms with Crippen LogP contribution in [0.15, 0.2) is 77.0 Å². The van der Waals surface area contributed by atoms with Crippen LogP contribution >= 0.6 is 0 Å². The third-order valence-corrected chi connectivity index (χ3v) is 4.73. The summed E-state index contributed by atoms with van der Waals surface area (Å²) < 4.78 is 10.5. The number of carbonyl (C=O) groups excluding carboxylic acids is 2. The molecule has 146 valence electrons. The number of hydrogen-bond acceptors (Lipinski definition) is 5. The number of anilines is 1. The van der Waals surface area contributed by atoms with Crippen LogP contribution in [0.3, 0.4) is 0 Å². The fraction of sp³-hybridized carbons (Fsp3) is 0.130. The highest BCUT2D eigenvalue weighted by molar-refractivity contribution is 6.36. The molecular weight excluding hydrogens is 368 g/mol. The maximum Gasteiger partial charge on any atom is 0.278 e. The van der Waals surface area contributed by atoms with Crippen molar-refractivity contribution in [3.63, 3.8) is 0 Å². The van der Waals surface area contributed by atoms with E-state index in [-0.39, 0.29) is 18.1 Å². The summed E-state index contributed by atoms with van der Waals surface area (Å²) in [7, 11) is 1.58. The Morgan fingerprint density at radius 2 is 1.79 bits per heavy atom. The number of benzene rings is 2. The van der Waals surface area contributed by atoms with Gasteiger partial charge in [0.2, 0.25) is 0 Å². The van der Waals surface area contributed by atoms with Gasteiger partial charge in [-0.05, 0) is 54.4 Å². The molecule has 0 aliphatic carbocycles. The molecule has 0 spiro atoms. The standard InChI is InChI=1S/C23H20N2O4/c1-15-5-3-6-17(13-15)24-21-20(16-8-10-18(28-2)11-9-16)22(26)25(23(21)27)14-19-7-4-12-29-19/h3-13,24H,14H2,1-2H3. The first-order valence-electron chi connectivity index (χ1n) is 9.18. The Balaban J connectivity index is 1.75. The number of nitrogens with zero attached hydrogens (tertiary/aromatic N) is 1. The fourth-order valence-corrected chi connectivity index (χ4v) is 3.29. The quantitative estimate of drug-likeness (QED) is 0.647. The van der Waals surface area contributed by atoms with Gasteiger partial charge in [0, 0.05) is 5.69 Å². The van der Waals surface area contributed by atoms with Gasteiger partial charge in [-0.3, -0.25) is 14.5 Å². The number of imide groups is 1. The lowest BCUT2D eigenvalue weighted by Crippen LogP contribution is -2.31. The van der Waals surface area contributed by atoms with Crippen LogP contribution < -0.4 is 10.1 Å². The second-order valence-electron chi connectivity index (χ2n) is 6.75. The molecule has 0 saturated carbocycles. The van der Waals surface area contributed by atoms with Gasteiger partial charge in [0.05, 0.1) is 25.5 Å². The van der Waals surface area contributed by atoms with Crippen LogP contribution in [0.25, 0.3) is 5.57 Å². The minimum Gasteiger partial charge on any atom is -0.497 e. The number of methoxy groups -OCH3 is 1. The van der Waals surface area contributed by atoms with E-state index in [4.69, 9.17) is 9.15 Å². The van der Waals surface area contributed by atoms with Gasteiger partial charge in [0.1, 0.15) is 17.2 Å². The van der Waals surface area contributed by atoms with Crippen LogP contribution in [0.2, 0.25) is 0 Å². The number of carbonyl (C=O) groups is 2. The third-order valence-electron chi connectivity index (χ3n) is 4.73. The molecule has 2 heterocycles. The van der Waals surface area contributed by atoms with Crippen LogP contribution in [0.4, 0.5) is 5.69 Å². The smallest absolute Gasteiger partial charge is 0.278 e. The summed E-state index contributed by atoms with van der Waals surface area (Å²) in [4.78, 5) is 27.5. The summed E-state index contributed by atoms with van der Waals surface area (Å²) in [5, 5.41) is 3.15. The number of amides is 2. The topological polar surface area (TPSA) is 71.8 Å². The highest BCUT2D eigenvalue weighted by Crippen LogP contribution is 2.32. The average molecular weight is 388 g/mol. The highest BCUT2D eigenvalue weighted by Gasteiger charge is 2.39. The van der Waals surface area contributed by atoms with E-state index in [1.54, 1.807) is 43.5 Å². The Morgan fingerprint density at radius 3 is 2.45 bits per heavy atom. The van der Waals surface area contributed by atoms with Crippen molar-refractivity contribution >= 4 is 23.1 Å². The predicted molar refractivity (Wildman–Crippen MR) is 109 cm³/mol. The van der Waals surface area contributed by atoms with Crippen LogP contribution in [0, 0.1) is 6.92 Å². The number of aryl methyl sites for hydroxylation is 1. The molecular formula is C23H20N2O4. The molecule has 6 nitrogen and oxygen atoms in total. The highest BCUT2D eigenvalue weighted by atomic mass is 16.5. The van der Waals surface area contributed by atoms with Crippen molar-refractivity contribution in [2.75, 3.05) is 12.4 Å². The summed E-state index contributed by atoms with van der Waals surface area (Å²) in [5.41, 5.74) is 3.00. The monoisotopic (exact) mass is 388 g/mol. The van der Waals surface area contributed by atoms with E-state index in [9.17, 15) is 9.59 Å². The van der Waals surface area contributed by atoms with Crippen molar-refractivity contribution in [1.82, 2.24) is 4.90 Å². The Morgan fingerprint density at radius 1 is 1.00 bits per heavy atom. The maximum atomic E-state index is 13.2. The molecule has 6 heteroatoms. The molecule has 3 aromatic rings. The molecule has 0 fully saturated rings. The summed E-state index contributed by atoms with van der Waals surface area (Å²) in [6.07, 6.45) is 1.52. The summed E-state index contributed by atoms with van der Waals surface area (Å²) >= 11 is 0. The SMILES string of the molecule is COc1ccc(C2=C(Nc3cccc(C)c3)C(=O)N(Cc3ccco3)C2=O)cc1. The molecule has 0 bridgehead atoms. The van der Waals surface area contributed by atoms with Crippen molar-refractivity contribution in [3.8, 4) is 5.75 Å². The number of furan rings is 1. The molecule has 0 saturated heterocycles. The molecule has 0 radical (unpaired) electrons. The summed E-state index contributed by atoms with van der Waals surface area (Å²) in [6, 6.07) is 18.2. The van der Waals surface area contributed by atoms with Gasteiger partial charge >= 0.3 is 0 Å². The van der Waals surface area contributed by atoms with Gasteiger partial charge < -0.3 is 14.5 Å². The van der Waals surface area contributed by atoms with E-state index in [1.807, 2.05) is 31.2 Å². The van der Waals surface area contributed by atoms with Crippen molar-refractivity contribution in [3.05, 3.63) is 89.5 Å².